The summed E-state index contributed by atoms with van der Waals surface area (Å²) in [5, 5.41) is 2.95. The molecule has 5 nitrogen and oxygen atoms in total. The molecule has 2 aliphatic heterocycles. The molecule has 2 atom stereocenters. The van der Waals surface area contributed by atoms with Crippen LogP contribution in [-0.4, -0.2) is 49.5 Å². The molecule has 2 unspecified atom stereocenters. The van der Waals surface area contributed by atoms with Gasteiger partial charge in [-0.1, -0.05) is 32.1 Å². The van der Waals surface area contributed by atoms with E-state index in [0.717, 1.165) is 31.7 Å². The molecule has 2 heterocycles. The molecular weight excluding hydrogens is 300 g/mol. The van der Waals surface area contributed by atoms with E-state index in [1.165, 1.54) is 32.1 Å². The number of nitrogens with zero attached hydrogens (tertiary/aromatic N) is 1. The molecule has 3 rings (SSSR count). The van der Waals surface area contributed by atoms with Crippen LogP contribution >= 0.6 is 0 Å². The molecular formula is C16H28N2O3S. The summed E-state index contributed by atoms with van der Waals surface area (Å²) in [4.78, 5) is 14.5. The lowest BCUT2D eigenvalue weighted by Gasteiger charge is -2.31. The number of nitrogens with one attached hydrogen (secondary N) is 1. The molecule has 6 heteroatoms. The standard InChI is InChI=1S/C16H28N2O3S/c19-16(17-14-8-10-22(20,21)12-14)18-9-4-7-15(18)11-13-5-2-1-3-6-13/h13-15H,1-12H2,(H,17,19). The van der Waals surface area contributed by atoms with Crippen molar-refractivity contribution in [1.29, 1.82) is 0 Å². The molecule has 0 aromatic carbocycles. The van der Waals surface area contributed by atoms with Crippen molar-refractivity contribution < 1.29 is 13.2 Å². The number of hydrogen-bond donors (Lipinski definition) is 1. The average Bonchev–Trinajstić information content (AvgIpc) is 3.06. The van der Waals surface area contributed by atoms with Crippen molar-refractivity contribution >= 4 is 15.9 Å². The van der Waals surface area contributed by atoms with Gasteiger partial charge in [-0.05, 0) is 31.6 Å². The molecule has 0 bridgehead atoms. The predicted octanol–water partition coefficient (Wildman–Crippen LogP) is 2.32. The van der Waals surface area contributed by atoms with Crippen LogP contribution in [0.1, 0.15) is 57.8 Å². The Balaban J connectivity index is 1.52. The smallest absolute Gasteiger partial charge is 0.317 e. The van der Waals surface area contributed by atoms with Gasteiger partial charge < -0.3 is 10.2 Å². The van der Waals surface area contributed by atoms with Crippen LogP contribution < -0.4 is 5.32 Å². The van der Waals surface area contributed by atoms with Gasteiger partial charge in [0, 0.05) is 18.6 Å². The number of likely N-dealkylation sites (tertiary alicyclic amines) is 1. The van der Waals surface area contributed by atoms with Gasteiger partial charge in [0.25, 0.3) is 0 Å². The summed E-state index contributed by atoms with van der Waals surface area (Å²) in [6.45, 7) is 0.822. The first-order valence-corrected chi connectivity index (χ1v) is 10.6. The second-order valence-corrected chi connectivity index (χ2v) is 9.51. The van der Waals surface area contributed by atoms with Crippen LogP contribution in [0, 0.1) is 5.92 Å². The first-order chi connectivity index (χ1) is 10.5. The molecule has 0 aromatic rings. The van der Waals surface area contributed by atoms with E-state index in [9.17, 15) is 13.2 Å². The Bertz CT molecular complexity index is 500. The van der Waals surface area contributed by atoms with Crippen LogP contribution in [-0.2, 0) is 9.84 Å². The van der Waals surface area contributed by atoms with Crippen molar-refractivity contribution in [3.05, 3.63) is 0 Å². The van der Waals surface area contributed by atoms with Crippen molar-refractivity contribution in [1.82, 2.24) is 10.2 Å². The zero-order chi connectivity index (χ0) is 15.6. The van der Waals surface area contributed by atoms with Crippen LogP contribution in [0.2, 0.25) is 0 Å². The molecule has 0 radical (unpaired) electrons. The van der Waals surface area contributed by atoms with Crippen LogP contribution in [0.3, 0.4) is 0 Å². The van der Waals surface area contributed by atoms with Crippen LogP contribution in [0.25, 0.3) is 0 Å². The first-order valence-electron chi connectivity index (χ1n) is 8.81. The SMILES string of the molecule is O=C(NC1CCS(=O)(=O)C1)N1CCCC1CC1CCCCC1. The van der Waals surface area contributed by atoms with Crippen LogP contribution in [0.5, 0.6) is 0 Å². The lowest BCUT2D eigenvalue weighted by atomic mass is 9.84. The monoisotopic (exact) mass is 328 g/mol. The third-order valence-corrected chi connectivity index (χ3v) is 7.30. The molecule has 3 fully saturated rings. The van der Waals surface area contributed by atoms with Gasteiger partial charge in [0.1, 0.15) is 0 Å². The maximum Gasteiger partial charge on any atom is 0.317 e. The minimum Gasteiger partial charge on any atom is -0.334 e. The zero-order valence-electron chi connectivity index (χ0n) is 13.3. The largest absolute Gasteiger partial charge is 0.334 e. The van der Waals surface area contributed by atoms with Crippen molar-refractivity contribution in [2.24, 2.45) is 5.92 Å². The van der Waals surface area contributed by atoms with Crippen molar-refractivity contribution in [3.63, 3.8) is 0 Å². The molecule has 126 valence electrons. The van der Waals surface area contributed by atoms with E-state index in [-0.39, 0.29) is 23.6 Å². The van der Waals surface area contributed by atoms with E-state index in [4.69, 9.17) is 0 Å². The molecule has 22 heavy (non-hydrogen) atoms. The zero-order valence-corrected chi connectivity index (χ0v) is 14.1. The normalized spacial score (nSPS) is 32.3. The molecule has 2 amide bonds. The summed E-state index contributed by atoms with van der Waals surface area (Å²) in [6.07, 6.45) is 10.5. The Labute approximate surface area is 133 Å². The fourth-order valence-corrected chi connectivity index (χ4v) is 6.00. The van der Waals surface area contributed by atoms with E-state index in [0.29, 0.717) is 12.5 Å². The molecule has 1 aliphatic carbocycles. The number of urea groups is 1. The Morgan fingerprint density at radius 3 is 2.50 bits per heavy atom. The number of hydrogen-bond acceptors (Lipinski definition) is 3. The molecule has 2 saturated heterocycles. The summed E-state index contributed by atoms with van der Waals surface area (Å²) in [7, 11) is -2.93. The third kappa shape index (κ3) is 3.94. The fourth-order valence-electron chi connectivity index (χ4n) is 4.32. The molecule has 1 saturated carbocycles. The summed E-state index contributed by atoms with van der Waals surface area (Å²) in [5.74, 6) is 1.10. The topological polar surface area (TPSA) is 66.5 Å². The minimum atomic E-state index is -2.93. The summed E-state index contributed by atoms with van der Waals surface area (Å²) in [5.41, 5.74) is 0. The highest BCUT2D eigenvalue weighted by atomic mass is 32.2. The minimum absolute atomic E-state index is 0.0413. The highest BCUT2D eigenvalue weighted by molar-refractivity contribution is 7.91. The Kier molecular flexibility index (Phi) is 4.95. The molecule has 3 aliphatic rings. The summed E-state index contributed by atoms with van der Waals surface area (Å²) in [6, 6.07) is 0.134. The van der Waals surface area contributed by atoms with E-state index in [1.807, 2.05) is 4.90 Å². The van der Waals surface area contributed by atoms with E-state index < -0.39 is 9.84 Å². The second kappa shape index (κ2) is 6.77. The van der Waals surface area contributed by atoms with E-state index in [2.05, 4.69) is 5.32 Å². The van der Waals surface area contributed by atoms with Gasteiger partial charge in [0.2, 0.25) is 0 Å². The van der Waals surface area contributed by atoms with Crippen LogP contribution in [0.4, 0.5) is 4.79 Å². The Morgan fingerprint density at radius 2 is 1.82 bits per heavy atom. The maximum absolute atomic E-state index is 12.5. The van der Waals surface area contributed by atoms with Gasteiger partial charge >= 0.3 is 6.03 Å². The van der Waals surface area contributed by atoms with Gasteiger partial charge in [-0.15, -0.1) is 0 Å². The molecule has 1 N–H and O–H groups in total. The Hall–Kier alpha value is -0.780. The van der Waals surface area contributed by atoms with Crippen molar-refractivity contribution in [3.8, 4) is 0 Å². The number of sulfone groups is 1. The van der Waals surface area contributed by atoms with Gasteiger partial charge in [-0.25, -0.2) is 13.2 Å². The number of carbonyl (C=O) groups excluding carboxylic acids is 1. The quantitative estimate of drug-likeness (QED) is 0.864. The lowest BCUT2D eigenvalue weighted by Crippen LogP contribution is -2.47. The van der Waals surface area contributed by atoms with Crippen LogP contribution in [0.15, 0.2) is 0 Å². The molecule has 0 spiro atoms. The Morgan fingerprint density at radius 1 is 1.05 bits per heavy atom. The predicted molar refractivity (Wildman–Crippen MR) is 86.5 cm³/mol. The van der Waals surface area contributed by atoms with E-state index >= 15 is 0 Å². The number of rotatable bonds is 3. The van der Waals surface area contributed by atoms with Gasteiger partial charge in [0.15, 0.2) is 9.84 Å². The average molecular weight is 328 g/mol. The van der Waals surface area contributed by atoms with Crippen molar-refractivity contribution in [2.75, 3.05) is 18.1 Å². The number of carbonyl (C=O) groups is 1. The highest BCUT2D eigenvalue weighted by Crippen LogP contribution is 2.32. The highest BCUT2D eigenvalue weighted by Gasteiger charge is 2.34. The van der Waals surface area contributed by atoms with Gasteiger partial charge in [-0.3, -0.25) is 0 Å². The van der Waals surface area contributed by atoms with Crippen molar-refractivity contribution in [2.45, 2.75) is 69.9 Å². The van der Waals surface area contributed by atoms with Gasteiger partial charge in [0.05, 0.1) is 11.5 Å². The summed E-state index contributed by atoms with van der Waals surface area (Å²) < 4.78 is 23.0. The first kappa shape index (κ1) is 16.1. The third-order valence-electron chi connectivity index (χ3n) is 5.53. The second-order valence-electron chi connectivity index (χ2n) is 7.28. The summed E-state index contributed by atoms with van der Waals surface area (Å²) >= 11 is 0. The van der Waals surface area contributed by atoms with Gasteiger partial charge in [-0.2, -0.15) is 0 Å². The number of amides is 2. The maximum atomic E-state index is 12.5. The molecule has 0 aromatic heterocycles. The van der Waals surface area contributed by atoms with E-state index in [1.54, 1.807) is 0 Å². The fraction of sp³-hybridized carbons (Fsp3) is 0.938. The lowest BCUT2D eigenvalue weighted by molar-refractivity contribution is 0.175.